The Balaban J connectivity index is 0.000000232. The average molecular weight is 521 g/mol. The summed E-state index contributed by atoms with van der Waals surface area (Å²) >= 11 is 0. The van der Waals surface area contributed by atoms with Crippen LogP contribution in [0.1, 0.15) is 218 Å². The Bertz CT molecular complexity index is 263. The maximum absolute atomic E-state index is 8.82. The van der Waals surface area contributed by atoms with E-state index >= 15 is 0 Å². The van der Waals surface area contributed by atoms with E-state index in [4.69, 9.17) is 5.11 Å². The van der Waals surface area contributed by atoms with Crippen molar-refractivity contribution in [2.24, 2.45) is 5.92 Å². The predicted octanol–water partition coefficient (Wildman–Crippen LogP) is 12.9. The average Bonchev–Trinajstić information content (AvgIpc) is 3.64. The van der Waals surface area contributed by atoms with Gasteiger partial charge in [-0.1, -0.05) is 205 Å². The van der Waals surface area contributed by atoms with Crippen LogP contribution in [0.15, 0.2) is 0 Å². The van der Waals surface area contributed by atoms with Crippen molar-refractivity contribution in [3.8, 4) is 0 Å². The summed E-state index contributed by atoms with van der Waals surface area (Å²) in [6, 6.07) is 0. The second kappa shape index (κ2) is 30.5. The summed E-state index contributed by atoms with van der Waals surface area (Å²) in [4.78, 5) is 0. The summed E-state index contributed by atoms with van der Waals surface area (Å²) in [5.41, 5.74) is 0. The molecule has 0 unspecified atom stereocenters. The molecule has 0 aromatic carbocycles. The van der Waals surface area contributed by atoms with Crippen LogP contribution in [0, 0.1) is 5.92 Å². The fraction of sp³-hybridized carbons (Fsp3) is 1.00. The normalized spacial score (nSPS) is 23.9. The van der Waals surface area contributed by atoms with Crippen LogP contribution >= 0.6 is 0 Å². The molecule has 37 heavy (non-hydrogen) atoms. The first-order chi connectivity index (χ1) is 18.4. The Labute approximate surface area is 235 Å². The first kappa shape index (κ1) is 35.0. The van der Waals surface area contributed by atoms with E-state index in [1.54, 1.807) is 0 Å². The summed E-state index contributed by atoms with van der Waals surface area (Å²) < 4.78 is 0. The van der Waals surface area contributed by atoms with E-state index in [-0.39, 0.29) is 0 Å². The van der Waals surface area contributed by atoms with E-state index in [0.29, 0.717) is 12.5 Å². The first-order valence-electron chi connectivity index (χ1n) is 18.0. The van der Waals surface area contributed by atoms with Crippen molar-refractivity contribution < 1.29 is 5.11 Å². The number of hydrogen-bond donors (Lipinski definition) is 1. The molecule has 0 amide bonds. The standard InChI is InChI=1S/C8H16O.4C7H14/c9-7-8-5-3-1-2-4-6-8;4*1-2-4-6-7-5-3-1/h8-9H,1-7H2;4*1-7H2. The van der Waals surface area contributed by atoms with E-state index in [2.05, 4.69) is 0 Å². The van der Waals surface area contributed by atoms with E-state index in [9.17, 15) is 0 Å². The number of hydrogen-bond acceptors (Lipinski definition) is 1. The second-order valence-corrected chi connectivity index (χ2v) is 12.9. The van der Waals surface area contributed by atoms with Crippen LogP contribution in [0.2, 0.25) is 0 Å². The summed E-state index contributed by atoms with van der Waals surface area (Å²) in [6.07, 6.45) is 50.0. The molecular formula is C36H72O. The minimum absolute atomic E-state index is 0.417. The zero-order valence-corrected chi connectivity index (χ0v) is 25.8. The van der Waals surface area contributed by atoms with Gasteiger partial charge in [0.05, 0.1) is 0 Å². The van der Waals surface area contributed by atoms with Crippen molar-refractivity contribution in [1.82, 2.24) is 0 Å². The van der Waals surface area contributed by atoms with E-state index < -0.39 is 0 Å². The van der Waals surface area contributed by atoms with Crippen LogP contribution in [0.3, 0.4) is 0 Å². The molecule has 5 rings (SSSR count). The fourth-order valence-corrected chi connectivity index (χ4v) is 6.50. The summed E-state index contributed by atoms with van der Waals surface area (Å²) in [6.45, 7) is 0.417. The zero-order chi connectivity index (χ0) is 26.3. The zero-order valence-electron chi connectivity index (χ0n) is 25.8. The third-order valence-corrected chi connectivity index (χ3v) is 9.23. The number of aliphatic hydroxyl groups is 1. The highest BCUT2D eigenvalue weighted by Gasteiger charge is 2.09. The Kier molecular flexibility index (Phi) is 28.8. The number of aliphatic hydroxyl groups excluding tert-OH is 1. The lowest BCUT2D eigenvalue weighted by Crippen LogP contribution is -2.03. The van der Waals surface area contributed by atoms with Crippen molar-refractivity contribution >= 4 is 0 Å². The maximum atomic E-state index is 8.82. The van der Waals surface area contributed by atoms with Crippen molar-refractivity contribution in [3.63, 3.8) is 0 Å². The van der Waals surface area contributed by atoms with Crippen LogP contribution in [0.25, 0.3) is 0 Å². The molecule has 0 saturated heterocycles. The molecule has 5 aliphatic rings. The van der Waals surface area contributed by atoms with Gasteiger partial charge in [-0.25, -0.2) is 0 Å². The quantitative estimate of drug-likeness (QED) is 0.341. The van der Waals surface area contributed by atoms with Gasteiger partial charge >= 0.3 is 0 Å². The Morgan fingerprint density at radius 2 is 0.378 bits per heavy atom. The third-order valence-electron chi connectivity index (χ3n) is 9.23. The van der Waals surface area contributed by atoms with E-state index in [1.165, 1.54) is 218 Å². The molecule has 1 heteroatoms. The van der Waals surface area contributed by atoms with Gasteiger partial charge in [0, 0.05) is 6.61 Å². The predicted molar refractivity (Wildman–Crippen MR) is 168 cm³/mol. The molecule has 1 nitrogen and oxygen atoms in total. The summed E-state index contributed by atoms with van der Waals surface area (Å²) in [7, 11) is 0. The minimum atomic E-state index is 0.417. The van der Waals surface area contributed by atoms with Gasteiger partial charge in [0.1, 0.15) is 0 Å². The molecule has 0 atom stereocenters. The lowest BCUT2D eigenvalue weighted by Gasteiger charge is -2.07. The largest absolute Gasteiger partial charge is 0.396 e. The molecule has 5 fully saturated rings. The van der Waals surface area contributed by atoms with Crippen LogP contribution in [0.5, 0.6) is 0 Å². The van der Waals surface area contributed by atoms with Crippen LogP contribution in [-0.4, -0.2) is 11.7 Å². The highest BCUT2D eigenvalue weighted by Crippen LogP contribution is 2.22. The van der Waals surface area contributed by atoms with Gasteiger partial charge < -0.3 is 5.11 Å². The van der Waals surface area contributed by atoms with Gasteiger partial charge in [0.15, 0.2) is 0 Å². The SMILES string of the molecule is C1CCCCCC1.C1CCCCCC1.C1CCCCCC1.C1CCCCCC1.OCC1CCCCCC1. The molecule has 0 aromatic rings. The Hall–Kier alpha value is -0.0400. The van der Waals surface area contributed by atoms with Crippen LogP contribution < -0.4 is 0 Å². The van der Waals surface area contributed by atoms with Gasteiger partial charge in [0.25, 0.3) is 0 Å². The monoisotopic (exact) mass is 521 g/mol. The van der Waals surface area contributed by atoms with Gasteiger partial charge in [-0.2, -0.15) is 0 Å². The highest BCUT2D eigenvalue weighted by atomic mass is 16.3. The molecule has 0 bridgehead atoms. The van der Waals surface area contributed by atoms with Crippen molar-refractivity contribution in [1.29, 1.82) is 0 Å². The van der Waals surface area contributed by atoms with E-state index in [1.807, 2.05) is 0 Å². The maximum Gasteiger partial charge on any atom is 0.0459 e. The Morgan fingerprint density at radius 1 is 0.243 bits per heavy atom. The van der Waals surface area contributed by atoms with Crippen LogP contribution in [-0.2, 0) is 0 Å². The molecule has 5 aliphatic carbocycles. The molecule has 0 heterocycles. The molecule has 0 aliphatic heterocycles. The van der Waals surface area contributed by atoms with Crippen molar-refractivity contribution in [3.05, 3.63) is 0 Å². The third kappa shape index (κ3) is 27.3. The highest BCUT2D eigenvalue weighted by molar-refractivity contribution is 4.62. The molecule has 0 radical (unpaired) electrons. The van der Waals surface area contributed by atoms with Gasteiger partial charge in [-0.05, 0) is 18.8 Å². The lowest BCUT2D eigenvalue weighted by molar-refractivity contribution is 0.212. The number of rotatable bonds is 1. The van der Waals surface area contributed by atoms with Crippen molar-refractivity contribution in [2.45, 2.75) is 218 Å². The molecule has 222 valence electrons. The molecule has 1 N–H and O–H groups in total. The summed E-state index contributed by atoms with van der Waals surface area (Å²) in [5.74, 6) is 0.632. The molecule has 5 saturated carbocycles. The van der Waals surface area contributed by atoms with Gasteiger partial charge in [0.2, 0.25) is 0 Å². The fourth-order valence-electron chi connectivity index (χ4n) is 6.50. The molecule has 0 spiro atoms. The molecule has 0 aromatic heterocycles. The van der Waals surface area contributed by atoms with Gasteiger partial charge in [-0.15, -0.1) is 0 Å². The smallest absolute Gasteiger partial charge is 0.0459 e. The topological polar surface area (TPSA) is 20.2 Å². The van der Waals surface area contributed by atoms with E-state index in [0.717, 1.165) is 0 Å². The van der Waals surface area contributed by atoms with Crippen LogP contribution in [0.4, 0.5) is 0 Å². The van der Waals surface area contributed by atoms with Crippen molar-refractivity contribution in [2.75, 3.05) is 6.61 Å². The van der Waals surface area contributed by atoms with Gasteiger partial charge in [-0.3, -0.25) is 0 Å². The first-order valence-corrected chi connectivity index (χ1v) is 18.0. The molecular weight excluding hydrogens is 448 g/mol. The summed E-state index contributed by atoms with van der Waals surface area (Å²) in [5, 5.41) is 8.82. The second-order valence-electron chi connectivity index (χ2n) is 12.9. The minimum Gasteiger partial charge on any atom is -0.396 e. The Morgan fingerprint density at radius 3 is 0.514 bits per heavy atom. The lowest BCUT2D eigenvalue weighted by atomic mass is 10.0.